The van der Waals surface area contributed by atoms with Crippen LogP contribution in [0.15, 0.2) is 53.1 Å². The van der Waals surface area contributed by atoms with Crippen LogP contribution in [0.5, 0.6) is 0 Å². The Morgan fingerprint density at radius 3 is 2.53 bits per heavy atom. The highest BCUT2D eigenvalue weighted by Gasteiger charge is 2.42. The molecule has 2 saturated heterocycles. The van der Waals surface area contributed by atoms with Crippen molar-refractivity contribution in [3.8, 4) is 11.4 Å². The lowest BCUT2D eigenvalue weighted by Crippen LogP contribution is -2.51. The third kappa shape index (κ3) is 4.15. The summed E-state index contributed by atoms with van der Waals surface area (Å²) >= 11 is 0. The molecule has 1 aromatic heterocycles. The van der Waals surface area contributed by atoms with E-state index in [0.717, 1.165) is 23.4 Å². The zero-order valence-electron chi connectivity index (χ0n) is 18.2. The lowest BCUT2D eigenvalue weighted by atomic mass is 9.96. The van der Waals surface area contributed by atoms with Crippen LogP contribution in [0.1, 0.15) is 29.4 Å². The van der Waals surface area contributed by atoms with Gasteiger partial charge in [-0.25, -0.2) is 0 Å². The Hall–Kier alpha value is -3.69. The van der Waals surface area contributed by atoms with E-state index in [1.165, 1.54) is 12.1 Å². The molecule has 0 spiro atoms. The maximum Gasteiger partial charge on any atom is 0.416 e. The number of hydrogen-bond donors (Lipinski definition) is 0. The van der Waals surface area contributed by atoms with Gasteiger partial charge in [-0.05, 0) is 31.2 Å². The number of alkyl halides is 3. The molecule has 0 N–H and O–H groups in total. The van der Waals surface area contributed by atoms with E-state index in [9.17, 15) is 22.8 Å². The molecule has 2 aliphatic heterocycles. The summed E-state index contributed by atoms with van der Waals surface area (Å²) in [5, 5.41) is 3.81. The minimum absolute atomic E-state index is 0.0704. The maximum absolute atomic E-state index is 13.0. The molecule has 0 aliphatic carbocycles. The number of hydrogen-bond acceptors (Lipinski definition) is 5. The fraction of sp³-hybridized carbons (Fsp3) is 0.333. The number of anilines is 1. The van der Waals surface area contributed by atoms with Gasteiger partial charge >= 0.3 is 6.18 Å². The SMILES string of the molecule is Cc1ccc(N2CC(C(=O)N3CC(c4nc(-c5cccc(C(F)(F)F)c5)no4)C3)CC2=O)cc1. The summed E-state index contributed by atoms with van der Waals surface area (Å²) in [4.78, 5) is 32.9. The van der Waals surface area contributed by atoms with E-state index in [-0.39, 0.29) is 41.4 Å². The van der Waals surface area contributed by atoms with Crippen LogP contribution in [-0.4, -0.2) is 46.5 Å². The van der Waals surface area contributed by atoms with E-state index in [1.54, 1.807) is 9.80 Å². The molecular formula is C24H21F3N4O3. The van der Waals surface area contributed by atoms with Crippen LogP contribution in [0.2, 0.25) is 0 Å². The van der Waals surface area contributed by atoms with Gasteiger partial charge < -0.3 is 14.3 Å². The molecule has 10 heteroatoms. The van der Waals surface area contributed by atoms with E-state index in [1.807, 2.05) is 31.2 Å². The molecule has 1 unspecified atom stereocenters. The number of halogens is 3. The van der Waals surface area contributed by atoms with Gasteiger partial charge in [-0.1, -0.05) is 35.0 Å². The molecule has 3 aromatic rings. The van der Waals surface area contributed by atoms with Crippen LogP contribution < -0.4 is 4.90 Å². The predicted molar refractivity (Wildman–Crippen MR) is 116 cm³/mol. The second-order valence-corrected chi connectivity index (χ2v) is 8.72. The topological polar surface area (TPSA) is 79.5 Å². The van der Waals surface area contributed by atoms with Crippen molar-refractivity contribution in [2.45, 2.75) is 25.4 Å². The molecular weight excluding hydrogens is 449 g/mol. The largest absolute Gasteiger partial charge is 0.416 e. The Morgan fingerprint density at radius 2 is 1.82 bits per heavy atom. The van der Waals surface area contributed by atoms with Crippen molar-refractivity contribution >= 4 is 17.5 Å². The smallest absolute Gasteiger partial charge is 0.341 e. The lowest BCUT2D eigenvalue weighted by molar-refractivity contribution is -0.140. The molecule has 3 heterocycles. The molecule has 34 heavy (non-hydrogen) atoms. The van der Waals surface area contributed by atoms with Crippen LogP contribution in [0.3, 0.4) is 0 Å². The molecule has 2 aliphatic rings. The minimum atomic E-state index is -4.46. The third-order valence-corrected chi connectivity index (χ3v) is 6.25. The lowest BCUT2D eigenvalue weighted by Gasteiger charge is -2.38. The van der Waals surface area contributed by atoms with Crippen molar-refractivity contribution in [2.24, 2.45) is 5.92 Å². The Kier molecular flexibility index (Phi) is 5.38. The van der Waals surface area contributed by atoms with E-state index in [2.05, 4.69) is 10.1 Å². The zero-order valence-corrected chi connectivity index (χ0v) is 18.2. The first-order valence-corrected chi connectivity index (χ1v) is 10.9. The summed E-state index contributed by atoms with van der Waals surface area (Å²) in [6, 6.07) is 12.3. The van der Waals surface area contributed by atoms with Gasteiger partial charge in [0.15, 0.2) is 0 Å². The van der Waals surface area contributed by atoms with Crippen LogP contribution >= 0.6 is 0 Å². The molecule has 5 rings (SSSR count). The van der Waals surface area contributed by atoms with Gasteiger partial charge in [0, 0.05) is 37.3 Å². The summed E-state index contributed by atoms with van der Waals surface area (Å²) < 4.78 is 44.1. The van der Waals surface area contributed by atoms with Crippen molar-refractivity contribution in [2.75, 3.05) is 24.5 Å². The normalized spacial score (nSPS) is 18.9. The van der Waals surface area contributed by atoms with Crippen molar-refractivity contribution < 1.29 is 27.3 Å². The fourth-order valence-corrected chi connectivity index (χ4v) is 4.27. The van der Waals surface area contributed by atoms with Crippen molar-refractivity contribution in [3.05, 3.63) is 65.5 Å². The van der Waals surface area contributed by atoms with Crippen LogP contribution in [0.4, 0.5) is 18.9 Å². The molecule has 2 fully saturated rings. The van der Waals surface area contributed by atoms with Gasteiger partial charge in [-0.3, -0.25) is 9.59 Å². The molecule has 1 atom stereocenters. The van der Waals surface area contributed by atoms with Gasteiger partial charge in [0.25, 0.3) is 0 Å². The number of carbonyl (C=O) groups is 2. The van der Waals surface area contributed by atoms with Gasteiger partial charge in [0.2, 0.25) is 23.5 Å². The number of likely N-dealkylation sites (tertiary alicyclic amines) is 1. The first kappa shape index (κ1) is 22.1. The van der Waals surface area contributed by atoms with Gasteiger partial charge in [-0.2, -0.15) is 18.2 Å². The van der Waals surface area contributed by atoms with Crippen LogP contribution in [0.25, 0.3) is 11.4 Å². The van der Waals surface area contributed by atoms with Crippen molar-refractivity contribution in [1.29, 1.82) is 0 Å². The minimum Gasteiger partial charge on any atom is -0.341 e. The van der Waals surface area contributed by atoms with Crippen molar-refractivity contribution in [3.63, 3.8) is 0 Å². The zero-order chi connectivity index (χ0) is 24.0. The quantitative estimate of drug-likeness (QED) is 0.575. The molecule has 0 bridgehead atoms. The fourth-order valence-electron chi connectivity index (χ4n) is 4.27. The summed E-state index contributed by atoms with van der Waals surface area (Å²) in [6.45, 7) is 3.02. The number of aromatic nitrogens is 2. The third-order valence-electron chi connectivity index (χ3n) is 6.25. The molecule has 2 aromatic carbocycles. The highest BCUT2D eigenvalue weighted by molar-refractivity contribution is 6.00. The number of nitrogens with zero attached hydrogens (tertiary/aromatic N) is 4. The number of aryl methyl sites for hydroxylation is 1. The number of carbonyl (C=O) groups excluding carboxylic acids is 2. The Balaban J connectivity index is 1.20. The van der Waals surface area contributed by atoms with Gasteiger partial charge in [0.05, 0.1) is 17.4 Å². The van der Waals surface area contributed by atoms with Crippen molar-refractivity contribution in [1.82, 2.24) is 15.0 Å². The van der Waals surface area contributed by atoms with Crippen LogP contribution in [0, 0.1) is 12.8 Å². The second-order valence-electron chi connectivity index (χ2n) is 8.72. The second kappa shape index (κ2) is 8.27. The predicted octanol–water partition coefficient (Wildman–Crippen LogP) is 4.04. The van der Waals surface area contributed by atoms with Gasteiger partial charge in [-0.15, -0.1) is 0 Å². The molecule has 7 nitrogen and oxygen atoms in total. The standard InChI is InChI=1S/C24H21F3N4O3/c1-14-5-7-19(8-6-14)31-13-16(10-20(31)32)23(33)30-11-17(12-30)22-28-21(29-34-22)15-3-2-4-18(9-15)24(25,26)27/h2-9,16-17H,10-13H2,1H3. The first-order valence-electron chi connectivity index (χ1n) is 10.9. The summed E-state index contributed by atoms with van der Waals surface area (Å²) in [5.41, 5.74) is 1.28. The number of benzene rings is 2. The number of amides is 2. The maximum atomic E-state index is 13.0. The van der Waals surface area contributed by atoms with Gasteiger partial charge in [0.1, 0.15) is 0 Å². The highest BCUT2D eigenvalue weighted by Crippen LogP contribution is 2.34. The number of rotatable bonds is 4. The summed E-state index contributed by atoms with van der Waals surface area (Å²) in [5.74, 6) is -0.445. The first-order chi connectivity index (χ1) is 16.2. The monoisotopic (exact) mass is 470 g/mol. The Morgan fingerprint density at radius 1 is 1.09 bits per heavy atom. The summed E-state index contributed by atoms with van der Waals surface area (Å²) in [6.07, 6.45) is -4.30. The molecule has 0 radical (unpaired) electrons. The summed E-state index contributed by atoms with van der Waals surface area (Å²) in [7, 11) is 0. The van der Waals surface area contributed by atoms with Crippen LogP contribution in [-0.2, 0) is 15.8 Å². The van der Waals surface area contributed by atoms with E-state index in [0.29, 0.717) is 19.6 Å². The van der Waals surface area contributed by atoms with E-state index in [4.69, 9.17) is 4.52 Å². The molecule has 176 valence electrons. The van der Waals surface area contributed by atoms with E-state index >= 15 is 0 Å². The average Bonchev–Trinajstić information content (AvgIpc) is 3.40. The average molecular weight is 470 g/mol. The highest BCUT2D eigenvalue weighted by atomic mass is 19.4. The Labute approximate surface area is 193 Å². The van der Waals surface area contributed by atoms with E-state index < -0.39 is 17.7 Å². The molecule has 2 amide bonds. The Bertz CT molecular complexity index is 1230. The molecule has 0 saturated carbocycles.